The van der Waals surface area contributed by atoms with Gasteiger partial charge in [0, 0.05) is 35.4 Å². The number of hydrogen-bond donors (Lipinski definition) is 2. The van der Waals surface area contributed by atoms with E-state index in [9.17, 15) is 5.26 Å². The Kier molecular flexibility index (Phi) is 4.55. The number of aromatic amines is 1. The molecule has 0 aliphatic carbocycles. The molecular formula is C20H13N11. The fraction of sp³-hybridized carbons (Fsp3) is 0. The second kappa shape index (κ2) is 7.80. The lowest BCUT2D eigenvalue weighted by molar-refractivity contribution is 0.881. The minimum absolute atomic E-state index is 0.217. The van der Waals surface area contributed by atoms with Gasteiger partial charge in [0.2, 0.25) is 5.82 Å². The monoisotopic (exact) mass is 407 g/mol. The number of aromatic nitrogens is 9. The fourth-order valence-electron chi connectivity index (χ4n) is 2.97. The van der Waals surface area contributed by atoms with Crippen molar-refractivity contribution in [1.82, 2.24) is 45.4 Å². The third-order valence-corrected chi connectivity index (χ3v) is 4.45. The van der Waals surface area contributed by atoms with Gasteiger partial charge in [-0.1, -0.05) is 12.1 Å². The highest BCUT2D eigenvalue weighted by Crippen LogP contribution is 2.23. The van der Waals surface area contributed by atoms with Crippen LogP contribution in [0.1, 0.15) is 5.82 Å². The van der Waals surface area contributed by atoms with Crippen molar-refractivity contribution >= 4 is 16.9 Å². The van der Waals surface area contributed by atoms with E-state index in [4.69, 9.17) is 5.10 Å². The second-order valence-corrected chi connectivity index (χ2v) is 6.38. The molecule has 0 unspecified atom stereocenters. The van der Waals surface area contributed by atoms with Crippen LogP contribution < -0.4 is 5.32 Å². The number of tetrazole rings is 1. The van der Waals surface area contributed by atoms with Crippen LogP contribution in [0.3, 0.4) is 0 Å². The average Bonchev–Trinajstić information content (AvgIpc) is 3.50. The SMILES string of the molecule is N#CC(=CNc1cccc(-c2ccc3nnc(-c4ccncc4)n3n2)c1)c1nn[nH]n1. The summed E-state index contributed by atoms with van der Waals surface area (Å²) in [5, 5.41) is 39.0. The minimum Gasteiger partial charge on any atom is -0.360 e. The van der Waals surface area contributed by atoms with Gasteiger partial charge in [0.25, 0.3) is 0 Å². The Morgan fingerprint density at radius 2 is 1.94 bits per heavy atom. The molecule has 0 bridgehead atoms. The van der Waals surface area contributed by atoms with Gasteiger partial charge in [-0.15, -0.1) is 20.4 Å². The predicted octanol–water partition coefficient (Wildman–Crippen LogP) is 2.34. The van der Waals surface area contributed by atoms with Crippen LogP contribution in [0.4, 0.5) is 5.69 Å². The van der Waals surface area contributed by atoms with Crippen molar-refractivity contribution in [3.63, 3.8) is 0 Å². The van der Waals surface area contributed by atoms with E-state index in [0.29, 0.717) is 11.5 Å². The quantitative estimate of drug-likeness (QED) is 0.419. The molecule has 5 aromatic rings. The Morgan fingerprint density at radius 1 is 1.03 bits per heavy atom. The number of H-pyrrole nitrogens is 1. The maximum Gasteiger partial charge on any atom is 0.216 e. The Hall–Kier alpha value is -4.98. The number of rotatable bonds is 5. The zero-order chi connectivity index (χ0) is 21.0. The summed E-state index contributed by atoms with van der Waals surface area (Å²) in [4.78, 5) is 4.04. The van der Waals surface area contributed by atoms with E-state index in [0.717, 1.165) is 22.5 Å². The Labute approximate surface area is 175 Å². The predicted molar refractivity (Wildman–Crippen MR) is 111 cm³/mol. The van der Waals surface area contributed by atoms with Crippen LogP contribution in [-0.2, 0) is 0 Å². The number of fused-ring (bicyclic) bond motifs is 1. The highest BCUT2D eigenvalue weighted by Gasteiger charge is 2.11. The van der Waals surface area contributed by atoms with Crippen molar-refractivity contribution in [2.75, 3.05) is 5.32 Å². The van der Waals surface area contributed by atoms with Gasteiger partial charge in [0.15, 0.2) is 11.5 Å². The average molecular weight is 407 g/mol. The van der Waals surface area contributed by atoms with Crippen molar-refractivity contribution in [1.29, 1.82) is 5.26 Å². The summed E-state index contributed by atoms with van der Waals surface area (Å²) < 4.78 is 1.70. The zero-order valence-corrected chi connectivity index (χ0v) is 15.9. The molecule has 0 spiro atoms. The van der Waals surface area contributed by atoms with Gasteiger partial charge in [0.05, 0.1) is 5.69 Å². The Morgan fingerprint density at radius 3 is 2.74 bits per heavy atom. The molecule has 0 atom stereocenters. The number of nitrogens with one attached hydrogen (secondary N) is 2. The molecule has 0 radical (unpaired) electrons. The van der Waals surface area contributed by atoms with Gasteiger partial charge in [-0.3, -0.25) is 4.98 Å². The lowest BCUT2D eigenvalue weighted by Gasteiger charge is -2.06. The second-order valence-electron chi connectivity index (χ2n) is 6.38. The molecule has 11 nitrogen and oxygen atoms in total. The molecule has 0 fully saturated rings. The Balaban J connectivity index is 1.48. The van der Waals surface area contributed by atoms with Crippen molar-refractivity contribution in [2.45, 2.75) is 0 Å². The first-order valence-electron chi connectivity index (χ1n) is 9.16. The van der Waals surface area contributed by atoms with Gasteiger partial charge in [-0.25, -0.2) is 0 Å². The van der Waals surface area contributed by atoms with E-state index in [1.165, 1.54) is 6.20 Å². The molecule has 31 heavy (non-hydrogen) atoms. The number of nitriles is 1. The van der Waals surface area contributed by atoms with E-state index >= 15 is 0 Å². The van der Waals surface area contributed by atoms with E-state index in [1.54, 1.807) is 16.9 Å². The molecule has 1 aromatic carbocycles. The zero-order valence-electron chi connectivity index (χ0n) is 15.9. The number of allylic oxidation sites excluding steroid dienone is 1. The van der Waals surface area contributed by atoms with E-state index < -0.39 is 0 Å². The van der Waals surface area contributed by atoms with Gasteiger partial charge in [0.1, 0.15) is 11.6 Å². The first-order valence-corrected chi connectivity index (χ1v) is 9.16. The van der Waals surface area contributed by atoms with Crippen LogP contribution in [0.15, 0.2) is 67.1 Å². The van der Waals surface area contributed by atoms with Gasteiger partial charge in [-0.05, 0) is 41.6 Å². The van der Waals surface area contributed by atoms with Crippen molar-refractivity contribution in [2.24, 2.45) is 0 Å². The molecule has 0 saturated heterocycles. The van der Waals surface area contributed by atoms with Gasteiger partial charge in [-0.2, -0.15) is 20.1 Å². The maximum atomic E-state index is 9.30. The van der Waals surface area contributed by atoms with E-state index in [-0.39, 0.29) is 11.4 Å². The molecule has 4 aromatic heterocycles. The molecular weight excluding hydrogens is 394 g/mol. The summed E-state index contributed by atoms with van der Waals surface area (Å²) >= 11 is 0. The number of nitrogens with zero attached hydrogens (tertiary/aromatic N) is 9. The number of pyridine rings is 1. The largest absolute Gasteiger partial charge is 0.360 e. The smallest absolute Gasteiger partial charge is 0.216 e. The van der Waals surface area contributed by atoms with Gasteiger partial charge >= 0.3 is 0 Å². The molecule has 148 valence electrons. The number of anilines is 1. The topological polar surface area (TPSA) is 146 Å². The summed E-state index contributed by atoms with van der Waals surface area (Å²) in [5.74, 6) is 0.852. The summed E-state index contributed by atoms with van der Waals surface area (Å²) in [6, 6.07) is 17.2. The normalized spacial score (nSPS) is 11.4. The molecule has 11 heteroatoms. The lowest BCUT2D eigenvalue weighted by atomic mass is 10.1. The fourth-order valence-corrected chi connectivity index (χ4v) is 2.97. The minimum atomic E-state index is 0.217. The van der Waals surface area contributed by atoms with Crippen molar-refractivity contribution < 1.29 is 0 Å². The molecule has 2 N–H and O–H groups in total. The summed E-state index contributed by atoms with van der Waals surface area (Å²) in [5.41, 5.74) is 4.17. The number of benzene rings is 1. The maximum absolute atomic E-state index is 9.30. The highest BCUT2D eigenvalue weighted by molar-refractivity contribution is 5.75. The van der Waals surface area contributed by atoms with Crippen LogP contribution in [0.2, 0.25) is 0 Å². The molecule has 0 saturated carbocycles. The third kappa shape index (κ3) is 3.56. The van der Waals surface area contributed by atoms with Crippen LogP contribution in [0.25, 0.3) is 33.9 Å². The van der Waals surface area contributed by atoms with Crippen LogP contribution >= 0.6 is 0 Å². The lowest BCUT2D eigenvalue weighted by Crippen LogP contribution is -1.98. The summed E-state index contributed by atoms with van der Waals surface area (Å²) in [6.07, 6.45) is 4.93. The van der Waals surface area contributed by atoms with E-state index in [1.807, 2.05) is 54.6 Å². The van der Waals surface area contributed by atoms with Crippen LogP contribution in [-0.4, -0.2) is 45.4 Å². The summed E-state index contributed by atoms with van der Waals surface area (Å²) in [7, 11) is 0. The molecule has 0 aliphatic rings. The Bertz CT molecular complexity index is 1410. The summed E-state index contributed by atoms with van der Waals surface area (Å²) in [6.45, 7) is 0. The first kappa shape index (κ1) is 18.1. The molecule has 0 amide bonds. The van der Waals surface area contributed by atoms with Crippen LogP contribution in [0, 0.1) is 11.3 Å². The molecule has 4 heterocycles. The highest BCUT2D eigenvalue weighted by atomic mass is 15.5. The molecule has 5 rings (SSSR count). The van der Waals surface area contributed by atoms with E-state index in [2.05, 4.69) is 41.1 Å². The van der Waals surface area contributed by atoms with Gasteiger partial charge < -0.3 is 5.32 Å². The van der Waals surface area contributed by atoms with Crippen molar-refractivity contribution in [3.8, 4) is 28.7 Å². The number of hydrogen-bond acceptors (Lipinski definition) is 9. The van der Waals surface area contributed by atoms with Crippen LogP contribution in [0.5, 0.6) is 0 Å². The third-order valence-electron chi connectivity index (χ3n) is 4.45. The first-order chi connectivity index (χ1) is 15.3. The standard InChI is InChI=1S/C20H13N11/c21-11-15(19-25-29-30-26-19)12-23-16-3-1-2-14(10-16)17-4-5-18-24-27-20(31(18)28-17)13-6-8-22-9-7-13/h1-10,12,23H,(H,25,26,29,30). The molecule has 0 aliphatic heterocycles. The van der Waals surface area contributed by atoms with Crippen molar-refractivity contribution in [3.05, 3.63) is 72.9 Å².